The van der Waals surface area contributed by atoms with Crippen LogP contribution in [0.1, 0.15) is 29.2 Å². The molecule has 4 aromatic carbocycles. The first kappa shape index (κ1) is 29.7. The number of thioether (sulfide) groups is 1. The van der Waals surface area contributed by atoms with Crippen LogP contribution in [-0.2, 0) is 11.4 Å². The number of carbonyl (C=O) groups excluding carboxylic acids is 1. The first-order valence-corrected chi connectivity index (χ1v) is 14.8. The SMILES string of the molecule is CCOc1cc(/C=C2/SC(=Nc3ccc(C)c(Cl)c3)N(c3ccc(C)c(Cl)c3)C2=O)ccc1OCc1cccc(F)c1. The van der Waals surface area contributed by atoms with E-state index < -0.39 is 0 Å². The summed E-state index contributed by atoms with van der Waals surface area (Å²) >= 11 is 14.0. The highest BCUT2D eigenvalue weighted by Crippen LogP contribution is 2.40. The lowest BCUT2D eigenvalue weighted by Crippen LogP contribution is -2.28. The Morgan fingerprint density at radius 2 is 1.67 bits per heavy atom. The Hall–Kier alpha value is -3.78. The molecule has 0 aromatic heterocycles. The van der Waals surface area contributed by atoms with E-state index in [2.05, 4.69) is 0 Å². The van der Waals surface area contributed by atoms with E-state index in [0.29, 0.717) is 55.2 Å². The summed E-state index contributed by atoms with van der Waals surface area (Å²) in [5.74, 6) is 0.477. The van der Waals surface area contributed by atoms with Crippen LogP contribution >= 0.6 is 35.0 Å². The third-order valence-electron chi connectivity index (χ3n) is 6.45. The smallest absolute Gasteiger partial charge is 0.271 e. The first-order valence-electron chi connectivity index (χ1n) is 13.2. The van der Waals surface area contributed by atoms with E-state index in [1.165, 1.54) is 23.9 Å². The second-order valence-corrected chi connectivity index (χ2v) is 11.4. The monoisotopic (exact) mass is 620 g/mol. The Kier molecular flexibility index (Phi) is 9.21. The van der Waals surface area contributed by atoms with Gasteiger partial charge in [0.25, 0.3) is 5.91 Å². The molecular weight excluding hydrogens is 594 g/mol. The number of hydrogen-bond acceptors (Lipinski definition) is 5. The molecule has 1 aliphatic rings. The van der Waals surface area contributed by atoms with Gasteiger partial charge in [-0.25, -0.2) is 9.38 Å². The van der Waals surface area contributed by atoms with Gasteiger partial charge in [-0.3, -0.25) is 9.69 Å². The molecule has 0 aliphatic carbocycles. The van der Waals surface area contributed by atoms with Crippen molar-refractivity contribution in [3.05, 3.63) is 122 Å². The third kappa shape index (κ3) is 6.81. The molecule has 1 saturated heterocycles. The van der Waals surface area contributed by atoms with Crippen molar-refractivity contribution in [1.82, 2.24) is 0 Å². The van der Waals surface area contributed by atoms with Crippen LogP contribution in [-0.4, -0.2) is 17.7 Å². The summed E-state index contributed by atoms with van der Waals surface area (Å²) in [5, 5.41) is 1.62. The van der Waals surface area contributed by atoms with Crippen LogP contribution in [0.4, 0.5) is 15.8 Å². The number of rotatable bonds is 8. The zero-order valence-corrected chi connectivity index (χ0v) is 25.5. The summed E-state index contributed by atoms with van der Waals surface area (Å²) in [6.07, 6.45) is 1.79. The van der Waals surface area contributed by atoms with Gasteiger partial charge in [0.1, 0.15) is 12.4 Å². The van der Waals surface area contributed by atoms with Crippen molar-refractivity contribution in [2.45, 2.75) is 27.4 Å². The largest absolute Gasteiger partial charge is 0.490 e. The second kappa shape index (κ2) is 13.0. The van der Waals surface area contributed by atoms with Crippen LogP contribution in [0.3, 0.4) is 0 Å². The Balaban J connectivity index is 1.48. The number of anilines is 1. The molecule has 5 rings (SSSR count). The summed E-state index contributed by atoms with van der Waals surface area (Å²) in [4.78, 5) is 20.6. The van der Waals surface area contributed by atoms with Gasteiger partial charge in [0.2, 0.25) is 0 Å². The summed E-state index contributed by atoms with van der Waals surface area (Å²) in [5.41, 5.74) is 4.53. The van der Waals surface area contributed by atoms with Crippen LogP contribution in [0.25, 0.3) is 6.08 Å². The molecular formula is C33H27Cl2FN2O3S. The van der Waals surface area contributed by atoms with E-state index in [1.54, 1.807) is 41.3 Å². The third-order valence-corrected chi connectivity index (χ3v) is 8.23. The van der Waals surface area contributed by atoms with Crippen LogP contribution in [0.15, 0.2) is 88.8 Å². The Morgan fingerprint density at radius 1 is 0.905 bits per heavy atom. The van der Waals surface area contributed by atoms with E-state index in [-0.39, 0.29) is 18.3 Å². The van der Waals surface area contributed by atoms with Crippen molar-refractivity contribution >= 4 is 63.5 Å². The normalized spacial score (nSPS) is 15.1. The van der Waals surface area contributed by atoms with Gasteiger partial charge in [-0.2, -0.15) is 0 Å². The van der Waals surface area contributed by atoms with Gasteiger partial charge >= 0.3 is 0 Å². The van der Waals surface area contributed by atoms with Gasteiger partial charge in [-0.15, -0.1) is 0 Å². The number of ether oxygens (including phenoxy) is 2. The van der Waals surface area contributed by atoms with Gasteiger partial charge in [0.15, 0.2) is 16.7 Å². The zero-order valence-electron chi connectivity index (χ0n) is 23.2. The number of amides is 1. The molecule has 0 spiro atoms. The second-order valence-electron chi connectivity index (χ2n) is 9.57. The zero-order chi connectivity index (χ0) is 29.8. The molecule has 0 saturated carbocycles. The standard InChI is InChI=1S/C33H27Cl2FN2O3S/c1-4-40-30-15-22(10-13-29(30)41-19-23-6-5-7-24(36)14-23)16-31-32(39)38(26-12-9-21(3)28(35)18-26)33(42-31)37-25-11-8-20(2)27(34)17-25/h5-18H,4,19H2,1-3H3/b31-16+,37-33?. The molecule has 0 unspecified atom stereocenters. The molecule has 42 heavy (non-hydrogen) atoms. The number of benzene rings is 4. The maximum atomic E-state index is 13.8. The molecule has 1 fully saturated rings. The lowest BCUT2D eigenvalue weighted by atomic mass is 10.1. The molecule has 1 heterocycles. The highest BCUT2D eigenvalue weighted by Gasteiger charge is 2.35. The van der Waals surface area contributed by atoms with Crippen LogP contribution in [0, 0.1) is 19.7 Å². The number of hydrogen-bond donors (Lipinski definition) is 0. The number of aliphatic imine (C=N–C) groups is 1. The maximum Gasteiger partial charge on any atom is 0.271 e. The van der Waals surface area contributed by atoms with E-state index in [4.69, 9.17) is 37.7 Å². The highest BCUT2D eigenvalue weighted by molar-refractivity contribution is 8.19. The average molecular weight is 622 g/mol. The predicted octanol–water partition coefficient (Wildman–Crippen LogP) is 9.54. The van der Waals surface area contributed by atoms with Gasteiger partial charge in [-0.05, 0) is 109 Å². The average Bonchev–Trinajstić information content (AvgIpc) is 3.26. The summed E-state index contributed by atoms with van der Waals surface area (Å²) in [7, 11) is 0. The molecule has 0 radical (unpaired) electrons. The highest BCUT2D eigenvalue weighted by atomic mass is 35.5. The van der Waals surface area contributed by atoms with E-state index in [1.807, 2.05) is 57.2 Å². The predicted molar refractivity (Wildman–Crippen MR) is 171 cm³/mol. The van der Waals surface area contributed by atoms with Crippen molar-refractivity contribution in [1.29, 1.82) is 0 Å². The summed E-state index contributed by atoms with van der Waals surface area (Å²) in [6.45, 7) is 6.31. The molecule has 0 atom stereocenters. The Labute approximate surface area is 258 Å². The molecule has 5 nitrogen and oxygen atoms in total. The number of amidine groups is 1. The molecule has 1 aliphatic heterocycles. The minimum atomic E-state index is -0.322. The lowest BCUT2D eigenvalue weighted by molar-refractivity contribution is -0.113. The fourth-order valence-electron chi connectivity index (χ4n) is 4.20. The minimum Gasteiger partial charge on any atom is -0.490 e. The molecule has 9 heteroatoms. The minimum absolute atomic E-state index is 0.184. The van der Waals surface area contributed by atoms with E-state index >= 15 is 0 Å². The van der Waals surface area contributed by atoms with Crippen LogP contribution in [0.2, 0.25) is 10.0 Å². The molecule has 0 bridgehead atoms. The van der Waals surface area contributed by atoms with Crippen molar-refractivity contribution in [2.75, 3.05) is 11.5 Å². The maximum absolute atomic E-state index is 13.8. The molecule has 214 valence electrons. The number of halogens is 3. The lowest BCUT2D eigenvalue weighted by Gasteiger charge is -2.16. The Morgan fingerprint density at radius 3 is 2.38 bits per heavy atom. The fourth-order valence-corrected chi connectivity index (χ4v) is 5.55. The number of nitrogens with zero attached hydrogens (tertiary/aromatic N) is 2. The van der Waals surface area contributed by atoms with E-state index in [0.717, 1.165) is 16.7 Å². The van der Waals surface area contributed by atoms with Gasteiger partial charge in [0, 0.05) is 10.0 Å². The summed E-state index contributed by atoms with van der Waals surface area (Å²) in [6, 6.07) is 22.7. The molecule has 4 aromatic rings. The Bertz CT molecular complexity index is 1720. The van der Waals surface area contributed by atoms with Crippen molar-refractivity contribution in [3.8, 4) is 11.5 Å². The van der Waals surface area contributed by atoms with Gasteiger partial charge < -0.3 is 9.47 Å². The quantitative estimate of drug-likeness (QED) is 0.184. The van der Waals surface area contributed by atoms with Crippen molar-refractivity contribution in [3.63, 3.8) is 0 Å². The first-order chi connectivity index (χ1) is 20.2. The van der Waals surface area contributed by atoms with E-state index in [9.17, 15) is 9.18 Å². The van der Waals surface area contributed by atoms with Gasteiger partial charge in [0.05, 0.1) is 22.9 Å². The van der Waals surface area contributed by atoms with Crippen LogP contribution in [0.5, 0.6) is 11.5 Å². The fraction of sp³-hybridized carbons (Fsp3) is 0.152. The van der Waals surface area contributed by atoms with Gasteiger partial charge in [-0.1, -0.05) is 53.5 Å². The van der Waals surface area contributed by atoms with Crippen molar-refractivity contribution < 1.29 is 18.7 Å². The molecule has 1 amide bonds. The number of carbonyl (C=O) groups is 1. The van der Waals surface area contributed by atoms with Crippen LogP contribution < -0.4 is 14.4 Å². The summed E-state index contributed by atoms with van der Waals surface area (Å²) < 4.78 is 25.4. The topological polar surface area (TPSA) is 51.1 Å². The number of aryl methyl sites for hydroxylation is 2. The van der Waals surface area contributed by atoms with Crippen molar-refractivity contribution in [2.24, 2.45) is 4.99 Å². The molecule has 0 N–H and O–H groups in total.